The van der Waals surface area contributed by atoms with Gasteiger partial charge in [-0.15, -0.1) is 0 Å². The van der Waals surface area contributed by atoms with E-state index in [4.69, 9.17) is 12.2 Å². The first kappa shape index (κ1) is 20.7. The van der Waals surface area contributed by atoms with Gasteiger partial charge >= 0.3 is 6.18 Å². The molecule has 1 aromatic heterocycles. The summed E-state index contributed by atoms with van der Waals surface area (Å²) >= 11 is 5.13. The van der Waals surface area contributed by atoms with E-state index >= 15 is 0 Å². The van der Waals surface area contributed by atoms with Crippen molar-refractivity contribution in [2.75, 3.05) is 29.9 Å². The Balaban J connectivity index is 2.26. The zero-order valence-corrected chi connectivity index (χ0v) is 16.3. The van der Waals surface area contributed by atoms with Crippen molar-refractivity contribution in [1.29, 1.82) is 0 Å². The van der Waals surface area contributed by atoms with E-state index in [1.807, 2.05) is 18.7 Å². The highest BCUT2D eigenvalue weighted by atomic mass is 32.1. The van der Waals surface area contributed by atoms with Gasteiger partial charge in [0.25, 0.3) is 0 Å². The Morgan fingerprint density at radius 2 is 1.88 bits per heavy atom. The predicted octanol–water partition coefficient (Wildman–Crippen LogP) is 3.92. The maximum atomic E-state index is 13.3. The third-order valence-corrected chi connectivity index (χ3v) is 4.34. The summed E-state index contributed by atoms with van der Waals surface area (Å²) in [6, 6.07) is 1.01. The number of hydrogen-bond acceptors (Lipinski definition) is 4. The Bertz CT molecular complexity index is 625. The number of piperidine rings is 1. The number of alkyl halides is 3. The van der Waals surface area contributed by atoms with Crippen LogP contribution in [-0.4, -0.2) is 34.7 Å². The number of nitrogens with zero attached hydrogens (tertiary/aromatic N) is 3. The lowest BCUT2D eigenvalue weighted by Crippen LogP contribution is -2.39. The first-order chi connectivity index (χ1) is 12.0. The molecule has 0 amide bonds. The molecule has 0 spiro atoms. The SMILES string of the molecule is CC(C)CNC(=S)Nc1nc(N2C[C@@H](C)C[C@H](C)C2)cc(C(F)(F)F)n1. The van der Waals surface area contributed by atoms with Crippen LogP contribution in [0.5, 0.6) is 0 Å². The fourth-order valence-corrected chi connectivity index (χ4v) is 3.26. The highest BCUT2D eigenvalue weighted by Gasteiger charge is 2.35. The molecular formula is C17H26F3N5S. The van der Waals surface area contributed by atoms with E-state index in [0.717, 1.165) is 12.5 Å². The fourth-order valence-electron chi connectivity index (χ4n) is 3.09. The molecule has 146 valence electrons. The summed E-state index contributed by atoms with van der Waals surface area (Å²) in [5, 5.41) is 5.84. The van der Waals surface area contributed by atoms with Crippen LogP contribution < -0.4 is 15.5 Å². The number of halogens is 3. The second-order valence-electron chi connectivity index (χ2n) is 7.51. The summed E-state index contributed by atoms with van der Waals surface area (Å²) in [5.41, 5.74) is -0.970. The van der Waals surface area contributed by atoms with E-state index in [1.165, 1.54) is 0 Å². The summed E-state index contributed by atoms with van der Waals surface area (Å²) in [7, 11) is 0. The van der Waals surface area contributed by atoms with Crippen LogP contribution in [0.4, 0.5) is 24.9 Å². The van der Waals surface area contributed by atoms with Gasteiger partial charge in [-0.3, -0.25) is 0 Å². The van der Waals surface area contributed by atoms with Crippen LogP contribution in [-0.2, 0) is 6.18 Å². The second-order valence-corrected chi connectivity index (χ2v) is 7.92. The van der Waals surface area contributed by atoms with Gasteiger partial charge < -0.3 is 15.5 Å². The number of anilines is 2. The molecule has 9 heteroatoms. The minimum atomic E-state index is -4.55. The third-order valence-electron chi connectivity index (χ3n) is 4.09. The summed E-state index contributed by atoms with van der Waals surface area (Å²) in [5.74, 6) is 1.28. The molecule has 1 aliphatic heterocycles. The van der Waals surface area contributed by atoms with Gasteiger partial charge in [0.2, 0.25) is 5.95 Å². The van der Waals surface area contributed by atoms with E-state index in [9.17, 15) is 13.2 Å². The quantitative estimate of drug-likeness (QED) is 0.762. The van der Waals surface area contributed by atoms with Crippen LogP contribution in [0, 0.1) is 17.8 Å². The summed E-state index contributed by atoms with van der Waals surface area (Å²) in [6.45, 7) is 10.2. The molecule has 0 bridgehead atoms. The van der Waals surface area contributed by atoms with Gasteiger partial charge in [0.15, 0.2) is 10.8 Å². The van der Waals surface area contributed by atoms with Crippen LogP contribution in [0.2, 0.25) is 0 Å². The van der Waals surface area contributed by atoms with Gasteiger partial charge in [0.1, 0.15) is 5.82 Å². The van der Waals surface area contributed by atoms with E-state index in [0.29, 0.717) is 37.4 Å². The van der Waals surface area contributed by atoms with Crippen molar-refractivity contribution in [2.24, 2.45) is 17.8 Å². The molecule has 2 N–H and O–H groups in total. The Morgan fingerprint density at radius 1 is 1.27 bits per heavy atom. The summed E-state index contributed by atoms with van der Waals surface area (Å²) < 4.78 is 39.8. The lowest BCUT2D eigenvalue weighted by molar-refractivity contribution is -0.141. The second kappa shape index (κ2) is 8.37. The number of aromatic nitrogens is 2. The molecule has 2 heterocycles. The Hall–Kier alpha value is -1.64. The van der Waals surface area contributed by atoms with Crippen LogP contribution in [0.15, 0.2) is 6.07 Å². The average molecular weight is 389 g/mol. The molecule has 0 radical (unpaired) electrons. The molecule has 1 saturated heterocycles. The molecule has 26 heavy (non-hydrogen) atoms. The first-order valence-corrected chi connectivity index (χ1v) is 9.21. The Labute approximate surface area is 157 Å². The molecule has 2 atom stereocenters. The van der Waals surface area contributed by atoms with Crippen molar-refractivity contribution in [3.8, 4) is 0 Å². The monoisotopic (exact) mass is 389 g/mol. The zero-order chi connectivity index (χ0) is 19.5. The van der Waals surface area contributed by atoms with Crippen molar-refractivity contribution < 1.29 is 13.2 Å². The van der Waals surface area contributed by atoms with Crippen LogP contribution in [0.3, 0.4) is 0 Å². The largest absolute Gasteiger partial charge is 0.433 e. The van der Waals surface area contributed by atoms with Crippen molar-refractivity contribution >= 4 is 29.1 Å². The minimum Gasteiger partial charge on any atom is -0.362 e. The molecule has 1 aliphatic rings. The Kier molecular flexibility index (Phi) is 6.65. The molecule has 0 aliphatic carbocycles. The highest BCUT2D eigenvalue weighted by Crippen LogP contribution is 2.32. The van der Waals surface area contributed by atoms with Crippen LogP contribution in [0.1, 0.15) is 39.8 Å². The van der Waals surface area contributed by atoms with Gasteiger partial charge in [-0.05, 0) is 36.4 Å². The molecule has 0 unspecified atom stereocenters. The number of nitrogens with one attached hydrogen (secondary N) is 2. The van der Waals surface area contributed by atoms with Crippen molar-refractivity contribution in [1.82, 2.24) is 15.3 Å². The lowest BCUT2D eigenvalue weighted by Gasteiger charge is -2.36. The van der Waals surface area contributed by atoms with E-state index < -0.39 is 11.9 Å². The van der Waals surface area contributed by atoms with Gasteiger partial charge in [-0.25, -0.2) is 4.98 Å². The number of hydrogen-bond donors (Lipinski definition) is 2. The van der Waals surface area contributed by atoms with E-state index in [1.54, 1.807) is 0 Å². The number of thiocarbonyl (C=S) groups is 1. The molecule has 0 aromatic carbocycles. The topological polar surface area (TPSA) is 53.1 Å². The normalized spacial score (nSPS) is 21.0. The van der Waals surface area contributed by atoms with Crippen LogP contribution >= 0.6 is 12.2 Å². The van der Waals surface area contributed by atoms with Gasteiger partial charge in [0.05, 0.1) is 0 Å². The molecule has 1 aromatic rings. The molecule has 5 nitrogen and oxygen atoms in total. The third kappa shape index (κ3) is 5.96. The lowest BCUT2D eigenvalue weighted by atomic mass is 9.92. The summed E-state index contributed by atoms with van der Waals surface area (Å²) in [6.07, 6.45) is -3.49. The number of rotatable bonds is 4. The predicted molar refractivity (Wildman–Crippen MR) is 101 cm³/mol. The van der Waals surface area contributed by atoms with Gasteiger partial charge in [-0.1, -0.05) is 27.7 Å². The molecule has 0 saturated carbocycles. The Morgan fingerprint density at radius 3 is 2.42 bits per heavy atom. The van der Waals surface area contributed by atoms with Crippen molar-refractivity contribution in [3.63, 3.8) is 0 Å². The highest BCUT2D eigenvalue weighted by molar-refractivity contribution is 7.80. The van der Waals surface area contributed by atoms with E-state index in [2.05, 4.69) is 34.4 Å². The standard InChI is InChI=1S/C17H26F3N5S/c1-10(2)7-21-16(26)24-15-22-13(17(18,19)20)6-14(23-15)25-8-11(3)5-12(4)9-25/h6,10-12H,5,7-9H2,1-4H3,(H2,21,22,23,24,26)/t11-,12-/m0/s1. The molecular weight excluding hydrogens is 363 g/mol. The maximum Gasteiger partial charge on any atom is 0.433 e. The molecule has 1 fully saturated rings. The van der Waals surface area contributed by atoms with Gasteiger partial charge in [-0.2, -0.15) is 18.2 Å². The first-order valence-electron chi connectivity index (χ1n) is 8.80. The van der Waals surface area contributed by atoms with Crippen molar-refractivity contribution in [3.05, 3.63) is 11.8 Å². The van der Waals surface area contributed by atoms with Gasteiger partial charge in [0, 0.05) is 25.7 Å². The van der Waals surface area contributed by atoms with E-state index in [-0.39, 0.29) is 16.9 Å². The molecule has 2 rings (SSSR count). The minimum absolute atomic E-state index is 0.137. The summed E-state index contributed by atoms with van der Waals surface area (Å²) in [4.78, 5) is 9.78. The van der Waals surface area contributed by atoms with Crippen molar-refractivity contribution in [2.45, 2.75) is 40.3 Å². The zero-order valence-electron chi connectivity index (χ0n) is 15.5. The maximum absolute atomic E-state index is 13.3. The fraction of sp³-hybridized carbons (Fsp3) is 0.706. The average Bonchev–Trinajstić information content (AvgIpc) is 2.51. The smallest absolute Gasteiger partial charge is 0.362 e. The van der Waals surface area contributed by atoms with Crippen LogP contribution in [0.25, 0.3) is 0 Å².